The highest BCUT2D eigenvalue weighted by Crippen LogP contribution is 2.30. The summed E-state index contributed by atoms with van der Waals surface area (Å²) >= 11 is 0. The summed E-state index contributed by atoms with van der Waals surface area (Å²) in [6.45, 7) is 2.96. The molecule has 29 heavy (non-hydrogen) atoms. The van der Waals surface area contributed by atoms with Crippen LogP contribution in [0.4, 0.5) is 4.39 Å². The van der Waals surface area contributed by atoms with Crippen molar-refractivity contribution in [1.29, 1.82) is 0 Å². The largest absolute Gasteiger partial charge is 0.361 e. The van der Waals surface area contributed by atoms with E-state index in [2.05, 4.69) is 5.32 Å². The smallest absolute Gasteiger partial charge is 0.254 e. The van der Waals surface area contributed by atoms with E-state index >= 15 is 0 Å². The van der Waals surface area contributed by atoms with E-state index in [1.807, 2.05) is 31.2 Å². The molecule has 154 valence electrons. The van der Waals surface area contributed by atoms with Crippen LogP contribution in [0.2, 0.25) is 0 Å². The highest BCUT2D eigenvalue weighted by Gasteiger charge is 2.44. The van der Waals surface area contributed by atoms with Crippen LogP contribution >= 0.6 is 0 Å². The Labute approximate surface area is 170 Å². The molecule has 1 aliphatic heterocycles. The summed E-state index contributed by atoms with van der Waals surface area (Å²) in [6, 6.07) is 14.0. The van der Waals surface area contributed by atoms with Crippen molar-refractivity contribution in [3.8, 4) is 11.1 Å². The maximum atomic E-state index is 13.4. The third kappa shape index (κ3) is 4.65. The van der Waals surface area contributed by atoms with Crippen LogP contribution in [-0.4, -0.2) is 49.1 Å². The molecule has 0 radical (unpaired) electrons. The Bertz CT molecular complexity index is 869. The minimum absolute atomic E-state index is 0.0379. The van der Waals surface area contributed by atoms with Gasteiger partial charge in [0.25, 0.3) is 5.91 Å². The zero-order chi connectivity index (χ0) is 20.9. The van der Waals surface area contributed by atoms with E-state index in [0.717, 1.165) is 23.1 Å². The van der Waals surface area contributed by atoms with Gasteiger partial charge in [0, 0.05) is 26.4 Å². The van der Waals surface area contributed by atoms with E-state index in [9.17, 15) is 14.0 Å². The molecule has 1 atom stereocenters. The van der Waals surface area contributed by atoms with Crippen LogP contribution < -0.4 is 5.32 Å². The second kappa shape index (κ2) is 9.18. The predicted molar refractivity (Wildman–Crippen MR) is 110 cm³/mol. The number of nitrogens with zero attached hydrogens (tertiary/aromatic N) is 1. The van der Waals surface area contributed by atoms with Gasteiger partial charge in [-0.25, -0.2) is 4.39 Å². The van der Waals surface area contributed by atoms with Crippen LogP contribution in [0.3, 0.4) is 0 Å². The molecular weight excluding hydrogens is 371 g/mol. The number of likely N-dealkylation sites (N-methyl/N-ethyl adjacent to an activating group) is 1. The average molecular weight is 398 g/mol. The lowest BCUT2D eigenvalue weighted by atomic mass is 9.87. The molecule has 0 aliphatic carbocycles. The topological polar surface area (TPSA) is 58.6 Å². The number of morpholine rings is 1. The molecule has 1 aliphatic rings. The molecule has 0 bridgehead atoms. The Morgan fingerprint density at radius 2 is 1.90 bits per heavy atom. The molecule has 0 saturated carbocycles. The number of benzene rings is 2. The number of carbonyl (C=O) groups is 2. The molecule has 1 fully saturated rings. The van der Waals surface area contributed by atoms with Crippen LogP contribution in [0.1, 0.15) is 25.3 Å². The first-order valence-corrected chi connectivity index (χ1v) is 9.97. The van der Waals surface area contributed by atoms with Gasteiger partial charge in [-0.2, -0.15) is 0 Å². The summed E-state index contributed by atoms with van der Waals surface area (Å²) < 4.78 is 19.4. The minimum atomic E-state index is -1.16. The first-order valence-electron chi connectivity index (χ1n) is 9.97. The Kier molecular flexibility index (Phi) is 6.64. The summed E-state index contributed by atoms with van der Waals surface area (Å²) in [4.78, 5) is 27.1. The van der Waals surface area contributed by atoms with Crippen molar-refractivity contribution in [3.63, 3.8) is 0 Å². The van der Waals surface area contributed by atoms with Gasteiger partial charge in [0.15, 0.2) is 5.60 Å². The van der Waals surface area contributed by atoms with Crippen LogP contribution in [-0.2, 0) is 20.7 Å². The molecule has 6 heteroatoms. The lowest BCUT2D eigenvalue weighted by Crippen LogP contribution is -2.61. The van der Waals surface area contributed by atoms with Crippen molar-refractivity contribution >= 4 is 11.8 Å². The number of carbonyl (C=O) groups excluding carboxylic acids is 2. The van der Waals surface area contributed by atoms with E-state index < -0.39 is 5.60 Å². The highest BCUT2D eigenvalue weighted by atomic mass is 19.1. The fourth-order valence-corrected chi connectivity index (χ4v) is 3.81. The number of amides is 2. The minimum Gasteiger partial charge on any atom is -0.361 e. The van der Waals surface area contributed by atoms with E-state index in [1.54, 1.807) is 24.1 Å². The zero-order valence-electron chi connectivity index (χ0n) is 16.9. The average Bonchev–Trinajstić information content (AvgIpc) is 2.74. The molecule has 1 heterocycles. The van der Waals surface area contributed by atoms with E-state index in [4.69, 9.17) is 4.74 Å². The highest BCUT2D eigenvalue weighted by molar-refractivity contribution is 5.87. The number of hydrogen-bond acceptors (Lipinski definition) is 3. The van der Waals surface area contributed by atoms with Crippen molar-refractivity contribution in [2.75, 3.05) is 26.7 Å². The summed E-state index contributed by atoms with van der Waals surface area (Å²) in [5, 5.41) is 2.70. The summed E-state index contributed by atoms with van der Waals surface area (Å²) in [5.41, 5.74) is 1.53. The zero-order valence-corrected chi connectivity index (χ0v) is 16.9. The summed E-state index contributed by atoms with van der Waals surface area (Å²) in [5.74, 6) is -0.509. The van der Waals surface area contributed by atoms with Crippen LogP contribution in [0.15, 0.2) is 48.5 Å². The van der Waals surface area contributed by atoms with E-state index in [-0.39, 0.29) is 24.2 Å². The molecule has 2 aromatic carbocycles. The van der Waals surface area contributed by atoms with Crippen molar-refractivity contribution in [3.05, 3.63) is 59.9 Å². The maximum Gasteiger partial charge on any atom is 0.254 e. The number of ether oxygens (including phenoxy) is 1. The van der Waals surface area contributed by atoms with Gasteiger partial charge < -0.3 is 15.0 Å². The summed E-state index contributed by atoms with van der Waals surface area (Å²) in [7, 11) is 1.58. The quantitative estimate of drug-likeness (QED) is 0.813. The molecule has 5 nitrogen and oxygen atoms in total. The first kappa shape index (κ1) is 21.0. The number of halogens is 1. The second-order valence-corrected chi connectivity index (χ2v) is 7.33. The van der Waals surface area contributed by atoms with Gasteiger partial charge >= 0.3 is 0 Å². The Hall–Kier alpha value is -2.73. The molecule has 0 aromatic heterocycles. The van der Waals surface area contributed by atoms with Crippen LogP contribution in [0.25, 0.3) is 11.1 Å². The Morgan fingerprint density at radius 1 is 1.17 bits per heavy atom. The number of rotatable bonds is 6. The SMILES string of the molecule is CCCC(=O)N1CCO[C@](Cc2ccccc2-c2ccc(F)cc2)(C(=O)NC)C1. The van der Waals surface area contributed by atoms with Gasteiger partial charge in [0.2, 0.25) is 5.91 Å². The number of hydrogen-bond donors (Lipinski definition) is 1. The lowest BCUT2D eigenvalue weighted by Gasteiger charge is -2.41. The van der Waals surface area contributed by atoms with E-state index in [0.29, 0.717) is 26.0 Å². The lowest BCUT2D eigenvalue weighted by molar-refractivity contribution is -0.165. The molecule has 1 saturated heterocycles. The van der Waals surface area contributed by atoms with Crippen molar-refractivity contribution < 1.29 is 18.7 Å². The Morgan fingerprint density at radius 3 is 2.59 bits per heavy atom. The third-order valence-corrected chi connectivity index (χ3v) is 5.29. The fraction of sp³-hybridized carbons (Fsp3) is 0.391. The van der Waals surface area contributed by atoms with Gasteiger partial charge in [-0.05, 0) is 35.2 Å². The van der Waals surface area contributed by atoms with Gasteiger partial charge in [-0.3, -0.25) is 9.59 Å². The molecule has 0 unspecified atom stereocenters. The van der Waals surface area contributed by atoms with Gasteiger partial charge in [-0.1, -0.05) is 43.3 Å². The van der Waals surface area contributed by atoms with Crippen LogP contribution in [0, 0.1) is 5.82 Å². The molecule has 2 amide bonds. The van der Waals surface area contributed by atoms with Gasteiger partial charge in [0.1, 0.15) is 5.82 Å². The monoisotopic (exact) mass is 398 g/mol. The second-order valence-electron chi connectivity index (χ2n) is 7.33. The van der Waals surface area contributed by atoms with Gasteiger partial charge in [0.05, 0.1) is 13.2 Å². The van der Waals surface area contributed by atoms with Crippen molar-refractivity contribution in [2.24, 2.45) is 0 Å². The molecule has 3 rings (SSSR count). The van der Waals surface area contributed by atoms with Crippen molar-refractivity contribution in [2.45, 2.75) is 31.8 Å². The van der Waals surface area contributed by atoms with E-state index in [1.165, 1.54) is 12.1 Å². The maximum absolute atomic E-state index is 13.4. The molecule has 1 N–H and O–H groups in total. The Balaban J connectivity index is 1.95. The predicted octanol–water partition coefficient (Wildman–Crippen LogP) is 3.18. The normalized spacial score (nSPS) is 19.1. The van der Waals surface area contributed by atoms with Gasteiger partial charge in [-0.15, -0.1) is 0 Å². The molecule has 0 spiro atoms. The van der Waals surface area contributed by atoms with Crippen molar-refractivity contribution in [1.82, 2.24) is 10.2 Å². The standard InChI is InChI=1S/C23H27FN2O3/c1-3-6-21(27)26-13-14-29-23(16-26,22(28)25-2)15-18-7-4-5-8-20(18)17-9-11-19(24)12-10-17/h4-5,7-12H,3,6,13-16H2,1-2H3,(H,25,28)/t23-/m0/s1. The number of nitrogens with one attached hydrogen (secondary N) is 1. The molecule has 2 aromatic rings. The molecular formula is C23H27FN2O3. The summed E-state index contributed by atoms with van der Waals surface area (Å²) in [6.07, 6.45) is 1.53. The third-order valence-electron chi connectivity index (χ3n) is 5.29. The fourth-order valence-electron chi connectivity index (χ4n) is 3.81. The van der Waals surface area contributed by atoms with Crippen LogP contribution in [0.5, 0.6) is 0 Å². The first-order chi connectivity index (χ1) is 14.0.